The lowest BCUT2D eigenvalue weighted by Gasteiger charge is -2.02. The molecule has 1 nitrogen and oxygen atoms in total. The van der Waals surface area contributed by atoms with E-state index in [9.17, 15) is 0 Å². The third-order valence-corrected chi connectivity index (χ3v) is 4.71. The van der Waals surface area contributed by atoms with Crippen molar-refractivity contribution in [2.24, 2.45) is 0 Å². The van der Waals surface area contributed by atoms with Crippen LogP contribution in [0.2, 0.25) is 0 Å². The minimum atomic E-state index is 1.09. The summed E-state index contributed by atoms with van der Waals surface area (Å²) in [6.07, 6.45) is 0. The molecule has 0 unspecified atom stereocenters. The highest BCUT2D eigenvalue weighted by atomic mass is 79.9. The van der Waals surface area contributed by atoms with Gasteiger partial charge in [-0.1, -0.05) is 56.1 Å². The number of hydrogen-bond donors (Lipinski definition) is 1. The first-order valence-corrected chi connectivity index (χ1v) is 7.61. The van der Waals surface area contributed by atoms with Gasteiger partial charge in [0.2, 0.25) is 0 Å². The first-order chi connectivity index (χ1) is 9.24. The molecule has 0 amide bonds. The third kappa shape index (κ3) is 1.65. The second-order valence-electron chi connectivity index (χ2n) is 4.64. The van der Waals surface area contributed by atoms with Gasteiger partial charge in [0, 0.05) is 30.8 Å². The molecule has 3 heteroatoms. The van der Waals surface area contributed by atoms with E-state index in [1.54, 1.807) is 0 Å². The number of aromatic nitrogens is 1. The number of fused-ring (bicyclic) bond motifs is 5. The van der Waals surface area contributed by atoms with Crippen molar-refractivity contribution >= 4 is 64.4 Å². The summed E-state index contributed by atoms with van der Waals surface area (Å²) < 4.78 is 2.23. The quantitative estimate of drug-likeness (QED) is 0.388. The number of rotatable bonds is 0. The van der Waals surface area contributed by atoms with Crippen LogP contribution in [-0.4, -0.2) is 4.98 Å². The molecule has 1 aromatic heterocycles. The molecule has 0 saturated carbocycles. The molecule has 0 bridgehead atoms. The molecule has 1 N–H and O–H groups in total. The maximum atomic E-state index is 3.63. The minimum absolute atomic E-state index is 1.09. The Bertz CT molecular complexity index is 938. The summed E-state index contributed by atoms with van der Waals surface area (Å²) in [5.74, 6) is 0. The fraction of sp³-hybridized carbons (Fsp3) is 0. The van der Waals surface area contributed by atoms with Crippen molar-refractivity contribution in [2.75, 3.05) is 0 Å². The molecule has 3 aromatic carbocycles. The summed E-state index contributed by atoms with van der Waals surface area (Å²) in [4.78, 5) is 3.49. The van der Waals surface area contributed by atoms with Crippen LogP contribution in [0.1, 0.15) is 0 Å². The Hall–Kier alpha value is -1.32. The molecule has 4 rings (SSSR count). The molecule has 0 aliphatic heterocycles. The van der Waals surface area contributed by atoms with Crippen LogP contribution in [0, 0.1) is 0 Å². The van der Waals surface area contributed by atoms with E-state index >= 15 is 0 Å². The molecule has 19 heavy (non-hydrogen) atoms. The highest BCUT2D eigenvalue weighted by Gasteiger charge is 2.09. The summed E-state index contributed by atoms with van der Waals surface area (Å²) in [6.45, 7) is 0. The topological polar surface area (TPSA) is 15.8 Å². The zero-order valence-electron chi connectivity index (χ0n) is 9.87. The largest absolute Gasteiger partial charge is 0.354 e. The summed E-state index contributed by atoms with van der Waals surface area (Å²) in [5.41, 5.74) is 2.34. The van der Waals surface area contributed by atoms with E-state index in [2.05, 4.69) is 85.4 Å². The number of halogens is 2. The molecule has 4 aromatic rings. The maximum absolute atomic E-state index is 3.63. The van der Waals surface area contributed by atoms with E-state index in [1.165, 1.54) is 27.1 Å². The van der Waals surface area contributed by atoms with Gasteiger partial charge in [0.05, 0.1) is 0 Å². The first-order valence-electron chi connectivity index (χ1n) is 6.02. The van der Waals surface area contributed by atoms with Crippen molar-refractivity contribution in [3.05, 3.63) is 57.5 Å². The van der Waals surface area contributed by atoms with Crippen LogP contribution >= 0.6 is 31.9 Å². The van der Waals surface area contributed by atoms with Gasteiger partial charge in [-0.2, -0.15) is 0 Å². The Balaban J connectivity index is 2.32. The van der Waals surface area contributed by atoms with Crippen LogP contribution in [0.5, 0.6) is 0 Å². The Kier molecular flexibility index (Phi) is 2.47. The van der Waals surface area contributed by atoms with Crippen LogP contribution in [0.3, 0.4) is 0 Å². The number of benzene rings is 3. The normalized spacial score (nSPS) is 11.7. The number of hydrogen-bond acceptors (Lipinski definition) is 0. The zero-order chi connectivity index (χ0) is 13.0. The van der Waals surface area contributed by atoms with Gasteiger partial charge in [-0.25, -0.2) is 0 Å². The summed E-state index contributed by atoms with van der Waals surface area (Å²) >= 11 is 7.15. The molecule has 92 valence electrons. The fourth-order valence-corrected chi connectivity index (χ4v) is 3.56. The van der Waals surface area contributed by atoms with Crippen LogP contribution in [0.25, 0.3) is 32.6 Å². The Morgan fingerprint density at radius 1 is 0.737 bits per heavy atom. The molecule has 0 atom stereocenters. The summed E-state index contributed by atoms with van der Waals surface area (Å²) in [7, 11) is 0. The molecule has 1 heterocycles. The van der Waals surface area contributed by atoms with E-state index in [0.717, 1.165) is 14.5 Å². The van der Waals surface area contributed by atoms with Gasteiger partial charge >= 0.3 is 0 Å². The fourth-order valence-electron chi connectivity index (χ4n) is 2.70. The Labute approximate surface area is 126 Å². The van der Waals surface area contributed by atoms with Crippen LogP contribution in [0.4, 0.5) is 0 Å². The summed E-state index contributed by atoms with van der Waals surface area (Å²) in [6, 6.07) is 17.0. The minimum Gasteiger partial charge on any atom is -0.354 e. The highest BCUT2D eigenvalue weighted by Crippen LogP contribution is 2.35. The van der Waals surface area contributed by atoms with Crippen molar-refractivity contribution in [1.29, 1.82) is 0 Å². The van der Waals surface area contributed by atoms with Gasteiger partial charge in [0.25, 0.3) is 0 Å². The van der Waals surface area contributed by atoms with Crippen LogP contribution < -0.4 is 0 Å². The van der Waals surface area contributed by atoms with E-state index in [-0.39, 0.29) is 0 Å². The maximum Gasteiger partial charge on any atom is 0.0476 e. The van der Waals surface area contributed by atoms with Gasteiger partial charge in [0.15, 0.2) is 0 Å². The van der Waals surface area contributed by atoms with Gasteiger partial charge in [-0.15, -0.1) is 0 Å². The van der Waals surface area contributed by atoms with Gasteiger partial charge < -0.3 is 4.98 Å². The predicted molar refractivity (Wildman–Crippen MR) is 88.7 cm³/mol. The second-order valence-corrected chi connectivity index (χ2v) is 6.41. The smallest absolute Gasteiger partial charge is 0.0476 e. The number of H-pyrrole nitrogens is 1. The monoisotopic (exact) mass is 373 g/mol. The highest BCUT2D eigenvalue weighted by molar-refractivity contribution is 9.11. The molecule has 0 spiro atoms. The van der Waals surface area contributed by atoms with E-state index in [1.807, 2.05) is 0 Å². The summed E-state index contributed by atoms with van der Waals surface area (Å²) in [5, 5.41) is 5.09. The standard InChI is InChI=1S/C16H9Br2N/c17-9-4-5-12-15(8-9)19-14-7-6-10-11(16(12)14)2-1-3-13(10)18/h1-8,19H. The second kappa shape index (κ2) is 4.09. The first kappa shape index (κ1) is 11.5. The lowest BCUT2D eigenvalue weighted by atomic mass is 10.0. The molecular weight excluding hydrogens is 366 g/mol. The lowest BCUT2D eigenvalue weighted by molar-refractivity contribution is 1.54. The van der Waals surface area contributed by atoms with E-state index in [0.29, 0.717) is 0 Å². The van der Waals surface area contributed by atoms with Crippen molar-refractivity contribution in [3.63, 3.8) is 0 Å². The third-order valence-electron chi connectivity index (χ3n) is 3.53. The van der Waals surface area contributed by atoms with Gasteiger partial charge in [-0.3, -0.25) is 0 Å². The van der Waals surface area contributed by atoms with Gasteiger partial charge in [-0.05, 0) is 35.0 Å². The Morgan fingerprint density at radius 2 is 1.58 bits per heavy atom. The molecule has 0 radical (unpaired) electrons. The van der Waals surface area contributed by atoms with Crippen molar-refractivity contribution in [3.8, 4) is 0 Å². The predicted octanol–water partition coefficient (Wildman–Crippen LogP) is 6.00. The van der Waals surface area contributed by atoms with Crippen molar-refractivity contribution < 1.29 is 0 Å². The SMILES string of the molecule is Brc1ccc2c(c1)[nH]c1ccc3c(Br)cccc3c12. The number of nitrogens with one attached hydrogen (secondary N) is 1. The lowest BCUT2D eigenvalue weighted by Crippen LogP contribution is -1.76. The van der Waals surface area contributed by atoms with E-state index < -0.39 is 0 Å². The average Bonchev–Trinajstić information content (AvgIpc) is 2.76. The van der Waals surface area contributed by atoms with Crippen molar-refractivity contribution in [2.45, 2.75) is 0 Å². The molecule has 0 aliphatic carbocycles. The average molecular weight is 375 g/mol. The number of aromatic amines is 1. The Morgan fingerprint density at radius 3 is 2.47 bits per heavy atom. The van der Waals surface area contributed by atoms with E-state index in [4.69, 9.17) is 0 Å². The molecular formula is C16H9Br2N. The molecule has 0 fully saturated rings. The van der Waals surface area contributed by atoms with Crippen LogP contribution in [-0.2, 0) is 0 Å². The van der Waals surface area contributed by atoms with Gasteiger partial charge in [0.1, 0.15) is 0 Å². The molecule has 0 aliphatic rings. The zero-order valence-corrected chi connectivity index (χ0v) is 13.0. The molecule has 0 saturated heterocycles. The van der Waals surface area contributed by atoms with Crippen LogP contribution in [0.15, 0.2) is 57.5 Å². The van der Waals surface area contributed by atoms with Crippen molar-refractivity contribution in [1.82, 2.24) is 4.98 Å².